The third kappa shape index (κ3) is 3.83. The fourth-order valence-electron chi connectivity index (χ4n) is 0.979. The lowest BCUT2D eigenvalue weighted by molar-refractivity contribution is 0.0955. The first kappa shape index (κ1) is 13.0. The summed E-state index contributed by atoms with van der Waals surface area (Å²) in [6.07, 6.45) is 1.64. The Labute approximate surface area is 104 Å². The van der Waals surface area contributed by atoms with Crippen LogP contribution in [0.2, 0.25) is 10.0 Å². The summed E-state index contributed by atoms with van der Waals surface area (Å²) in [5.74, 6) is -0.0699. The van der Waals surface area contributed by atoms with Gasteiger partial charge in [-0.1, -0.05) is 37.0 Å². The Morgan fingerprint density at radius 3 is 2.69 bits per heavy atom. The number of amides is 1. The second-order valence-corrected chi connectivity index (χ2v) is 4.43. The number of carbonyl (C=O) groups excluding carboxylic acids is 1. The fraction of sp³-hybridized carbons (Fsp3) is 0.273. The van der Waals surface area contributed by atoms with Gasteiger partial charge in [-0.15, -0.1) is 0 Å². The van der Waals surface area contributed by atoms with E-state index in [2.05, 4.69) is 10.5 Å². The molecule has 0 aliphatic carbocycles. The summed E-state index contributed by atoms with van der Waals surface area (Å²) >= 11 is 11.6. The molecule has 0 bridgehead atoms. The lowest BCUT2D eigenvalue weighted by Gasteiger charge is -2.03. The average molecular weight is 259 g/mol. The molecular weight excluding hydrogens is 247 g/mol. The normalized spacial score (nSPS) is 11.1. The summed E-state index contributed by atoms with van der Waals surface area (Å²) in [6.45, 7) is 3.93. The molecule has 1 rings (SSSR count). The predicted octanol–water partition coefficient (Wildman–Crippen LogP) is 3.37. The first-order chi connectivity index (χ1) is 7.50. The molecule has 5 heteroatoms. The lowest BCUT2D eigenvalue weighted by atomic mass is 10.2. The number of nitrogens with one attached hydrogen (secondary N) is 1. The van der Waals surface area contributed by atoms with E-state index in [0.29, 0.717) is 15.6 Å². The summed E-state index contributed by atoms with van der Waals surface area (Å²) < 4.78 is 0. The summed E-state index contributed by atoms with van der Waals surface area (Å²) in [5.41, 5.74) is 2.75. The van der Waals surface area contributed by atoms with Gasteiger partial charge >= 0.3 is 0 Å². The minimum Gasteiger partial charge on any atom is -0.267 e. The third-order valence-corrected chi connectivity index (χ3v) is 2.26. The zero-order valence-electron chi connectivity index (χ0n) is 9.00. The van der Waals surface area contributed by atoms with Crippen LogP contribution < -0.4 is 5.43 Å². The smallest absolute Gasteiger partial charge is 0.267 e. The molecule has 0 heterocycles. The van der Waals surface area contributed by atoms with Crippen LogP contribution in [-0.4, -0.2) is 12.1 Å². The summed E-state index contributed by atoms with van der Waals surface area (Å²) in [5, 5.41) is 4.60. The second-order valence-electron chi connectivity index (χ2n) is 3.59. The topological polar surface area (TPSA) is 41.5 Å². The molecule has 0 unspecified atom stereocenters. The molecule has 86 valence electrons. The highest BCUT2D eigenvalue weighted by atomic mass is 35.5. The van der Waals surface area contributed by atoms with Crippen molar-refractivity contribution < 1.29 is 4.79 Å². The van der Waals surface area contributed by atoms with Crippen LogP contribution in [0.15, 0.2) is 23.3 Å². The molecule has 0 saturated heterocycles. The predicted molar refractivity (Wildman–Crippen MR) is 67.3 cm³/mol. The molecule has 0 aliphatic heterocycles. The van der Waals surface area contributed by atoms with Gasteiger partial charge in [-0.25, -0.2) is 5.43 Å². The fourth-order valence-corrected chi connectivity index (χ4v) is 1.47. The number of carbonyl (C=O) groups is 1. The number of nitrogens with zero attached hydrogens (tertiary/aromatic N) is 1. The molecule has 0 aromatic heterocycles. The van der Waals surface area contributed by atoms with Crippen LogP contribution >= 0.6 is 23.2 Å². The van der Waals surface area contributed by atoms with E-state index in [9.17, 15) is 4.79 Å². The van der Waals surface area contributed by atoms with Crippen molar-refractivity contribution >= 4 is 35.3 Å². The van der Waals surface area contributed by atoms with Crippen molar-refractivity contribution in [1.82, 2.24) is 5.43 Å². The van der Waals surface area contributed by atoms with Gasteiger partial charge in [0, 0.05) is 11.2 Å². The van der Waals surface area contributed by atoms with Crippen LogP contribution in [-0.2, 0) is 0 Å². The molecule has 0 atom stereocenters. The summed E-state index contributed by atoms with van der Waals surface area (Å²) in [7, 11) is 0. The maximum absolute atomic E-state index is 11.6. The minimum atomic E-state index is -0.349. The molecule has 0 spiro atoms. The van der Waals surface area contributed by atoms with Crippen LogP contribution in [0.3, 0.4) is 0 Å². The van der Waals surface area contributed by atoms with E-state index in [-0.39, 0.29) is 11.8 Å². The zero-order valence-corrected chi connectivity index (χ0v) is 10.5. The van der Waals surface area contributed by atoms with E-state index < -0.39 is 0 Å². The highest BCUT2D eigenvalue weighted by Gasteiger charge is 2.09. The Morgan fingerprint density at radius 2 is 2.12 bits per heavy atom. The molecule has 1 aromatic carbocycles. The van der Waals surface area contributed by atoms with E-state index in [1.807, 2.05) is 13.8 Å². The van der Waals surface area contributed by atoms with Gasteiger partial charge in [0.1, 0.15) is 0 Å². The number of hydrazone groups is 1. The van der Waals surface area contributed by atoms with Gasteiger partial charge < -0.3 is 0 Å². The van der Waals surface area contributed by atoms with Crippen molar-refractivity contribution in [3.05, 3.63) is 33.8 Å². The molecule has 0 fully saturated rings. The molecule has 1 amide bonds. The zero-order chi connectivity index (χ0) is 12.1. The van der Waals surface area contributed by atoms with Gasteiger partial charge in [-0.05, 0) is 24.1 Å². The lowest BCUT2D eigenvalue weighted by Crippen LogP contribution is -2.18. The number of benzene rings is 1. The van der Waals surface area contributed by atoms with Gasteiger partial charge in [0.15, 0.2) is 0 Å². The Balaban J connectivity index is 2.74. The van der Waals surface area contributed by atoms with E-state index in [1.165, 1.54) is 6.07 Å². The maximum Gasteiger partial charge on any atom is 0.272 e. The third-order valence-electron chi connectivity index (χ3n) is 1.71. The Morgan fingerprint density at radius 1 is 1.44 bits per heavy atom. The van der Waals surface area contributed by atoms with Crippen LogP contribution in [0.4, 0.5) is 0 Å². The SMILES string of the molecule is CC(C)/C=N/NC(=O)c1ccc(Cl)cc1Cl. The molecular formula is C11H12Cl2N2O. The standard InChI is InChI=1S/C11H12Cl2N2O/c1-7(2)6-14-15-11(16)9-4-3-8(12)5-10(9)13/h3-7H,1-2H3,(H,15,16)/b14-6+. The van der Waals surface area contributed by atoms with Crippen molar-refractivity contribution in [3.8, 4) is 0 Å². The molecule has 0 saturated carbocycles. The van der Waals surface area contributed by atoms with E-state index in [1.54, 1.807) is 18.3 Å². The van der Waals surface area contributed by atoms with E-state index in [4.69, 9.17) is 23.2 Å². The van der Waals surface area contributed by atoms with Crippen LogP contribution in [0, 0.1) is 5.92 Å². The second kappa shape index (κ2) is 5.87. The van der Waals surface area contributed by atoms with E-state index >= 15 is 0 Å². The average Bonchev–Trinajstić information content (AvgIpc) is 2.16. The van der Waals surface area contributed by atoms with Gasteiger partial charge in [-0.2, -0.15) is 5.10 Å². The molecule has 3 nitrogen and oxygen atoms in total. The Bertz CT molecular complexity index is 416. The quantitative estimate of drug-likeness (QED) is 0.656. The van der Waals surface area contributed by atoms with Gasteiger partial charge in [0.05, 0.1) is 10.6 Å². The minimum absolute atomic E-state index is 0.279. The molecule has 1 aromatic rings. The maximum atomic E-state index is 11.6. The number of halogens is 2. The number of hydrogen-bond acceptors (Lipinski definition) is 2. The van der Waals surface area contributed by atoms with Gasteiger partial charge in [0.2, 0.25) is 0 Å². The number of hydrogen-bond donors (Lipinski definition) is 1. The summed E-state index contributed by atoms with van der Waals surface area (Å²) in [4.78, 5) is 11.6. The first-order valence-corrected chi connectivity index (χ1v) is 5.55. The van der Waals surface area contributed by atoms with Crippen LogP contribution in [0.5, 0.6) is 0 Å². The van der Waals surface area contributed by atoms with Crippen molar-refractivity contribution in [2.45, 2.75) is 13.8 Å². The molecule has 0 radical (unpaired) electrons. The Hall–Kier alpha value is -1.06. The largest absolute Gasteiger partial charge is 0.272 e. The molecule has 1 N–H and O–H groups in total. The Kier molecular flexibility index (Phi) is 4.77. The van der Waals surface area contributed by atoms with Crippen molar-refractivity contribution in [3.63, 3.8) is 0 Å². The molecule has 16 heavy (non-hydrogen) atoms. The van der Waals surface area contributed by atoms with Crippen molar-refractivity contribution in [2.24, 2.45) is 11.0 Å². The van der Waals surface area contributed by atoms with Gasteiger partial charge in [0.25, 0.3) is 5.91 Å². The van der Waals surface area contributed by atoms with E-state index in [0.717, 1.165) is 0 Å². The van der Waals surface area contributed by atoms with Crippen LogP contribution in [0.1, 0.15) is 24.2 Å². The summed E-state index contributed by atoms with van der Waals surface area (Å²) in [6, 6.07) is 4.68. The monoisotopic (exact) mass is 258 g/mol. The highest BCUT2D eigenvalue weighted by molar-refractivity contribution is 6.36. The number of rotatable bonds is 3. The van der Waals surface area contributed by atoms with Crippen LogP contribution in [0.25, 0.3) is 0 Å². The first-order valence-electron chi connectivity index (χ1n) is 4.79. The van der Waals surface area contributed by atoms with Crippen molar-refractivity contribution in [1.29, 1.82) is 0 Å². The molecule has 0 aliphatic rings. The van der Waals surface area contributed by atoms with Crippen molar-refractivity contribution in [2.75, 3.05) is 0 Å². The van der Waals surface area contributed by atoms with Gasteiger partial charge in [-0.3, -0.25) is 4.79 Å². The highest BCUT2D eigenvalue weighted by Crippen LogP contribution is 2.20.